The maximum atomic E-state index is 13.3. The van der Waals surface area contributed by atoms with Crippen LogP contribution in [-0.2, 0) is 15.9 Å². The molecule has 0 N–H and O–H groups in total. The Hall–Kier alpha value is -2.04. The number of ether oxygens (including phenoxy) is 2. The van der Waals surface area contributed by atoms with Crippen molar-refractivity contribution in [3.8, 4) is 0 Å². The van der Waals surface area contributed by atoms with Crippen LogP contribution in [0.4, 0.5) is 9.59 Å². The number of imide groups is 1. The first-order valence-electron chi connectivity index (χ1n) is 12.3. The quantitative estimate of drug-likeness (QED) is 0.467. The van der Waals surface area contributed by atoms with E-state index in [1.54, 1.807) is 0 Å². The summed E-state index contributed by atoms with van der Waals surface area (Å²) < 4.78 is 12.1. The van der Waals surface area contributed by atoms with E-state index in [-0.39, 0.29) is 6.54 Å². The van der Waals surface area contributed by atoms with Gasteiger partial charge in [-0.1, -0.05) is 57.0 Å². The summed E-state index contributed by atoms with van der Waals surface area (Å²) in [5, 5.41) is 0. The first kappa shape index (κ1) is 23.6. The van der Waals surface area contributed by atoms with Crippen LogP contribution in [0.25, 0.3) is 0 Å². The zero-order chi connectivity index (χ0) is 22.2. The van der Waals surface area contributed by atoms with Crippen LogP contribution in [0.1, 0.15) is 96.5 Å². The molecular weight excluding hydrogens is 390 g/mol. The Balaban J connectivity index is 1.74. The monoisotopic (exact) mass is 429 g/mol. The maximum absolute atomic E-state index is 13.3. The summed E-state index contributed by atoms with van der Waals surface area (Å²) >= 11 is 0. The predicted molar refractivity (Wildman–Crippen MR) is 122 cm³/mol. The van der Waals surface area contributed by atoms with E-state index in [0.717, 1.165) is 69.8 Å². The van der Waals surface area contributed by atoms with Gasteiger partial charge in [0.15, 0.2) is 0 Å². The van der Waals surface area contributed by atoms with Crippen molar-refractivity contribution in [1.82, 2.24) is 4.90 Å². The molecule has 0 aromatic heterocycles. The van der Waals surface area contributed by atoms with E-state index in [9.17, 15) is 9.59 Å². The Bertz CT molecular complexity index is 665. The number of hydrogen-bond donors (Lipinski definition) is 0. The van der Waals surface area contributed by atoms with Gasteiger partial charge >= 0.3 is 12.2 Å². The van der Waals surface area contributed by atoms with Crippen molar-refractivity contribution in [2.45, 2.75) is 109 Å². The molecule has 0 spiro atoms. The molecule has 0 radical (unpaired) electrons. The molecule has 2 aliphatic rings. The summed E-state index contributed by atoms with van der Waals surface area (Å²) in [5.41, 5.74) is 0.181. The van der Waals surface area contributed by atoms with Gasteiger partial charge in [0.25, 0.3) is 0 Å². The molecule has 31 heavy (non-hydrogen) atoms. The summed E-state index contributed by atoms with van der Waals surface area (Å²) in [4.78, 5) is 27.8. The highest BCUT2D eigenvalue weighted by molar-refractivity contribution is 5.88. The normalized spacial score (nSPS) is 19.9. The molecule has 0 bridgehead atoms. The van der Waals surface area contributed by atoms with Gasteiger partial charge < -0.3 is 9.47 Å². The van der Waals surface area contributed by atoms with Crippen LogP contribution in [0.15, 0.2) is 30.3 Å². The number of benzene rings is 1. The Kier molecular flexibility index (Phi) is 8.39. The lowest BCUT2D eigenvalue weighted by molar-refractivity contribution is -0.0544. The minimum Gasteiger partial charge on any atom is -0.442 e. The van der Waals surface area contributed by atoms with Crippen molar-refractivity contribution in [3.63, 3.8) is 0 Å². The predicted octanol–water partition coefficient (Wildman–Crippen LogP) is 7.03. The van der Waals surface area contributed by atoms with Crippen LogP contribution in [0.3, 0.4) is 0 Å². The van der Waals surface area contributed by atoms with Crippen molar-refractivity contribution in [1.29, 1.82) is 0 Å². The first-order valence-corrected chi connectivity index (χ1v) is 12.3. The van der Waals surface area contributed by atoms with Gasteiger partial charge in [-0.05, 0) is 76.2 Å². The van der Waals surface area contributed by atoms with Crippen molar-refractivity contribution < 1.29 is 19.1 Å². The molecule has 1 aromatic carbocycles. The number of carbonyl (C=O) groups is 2. The third kappa shape index (κ3) is 6.24. The topological polar surface area (TPSA) is 55.8 Å². The summed E-state index contributed by atoms with van der Waals surface area (Å²) in [6.07, 6.45) is 11.1. The van der Waals surface area contributed by atoms with Crippen LogP contribution in [0.5, 0.6) is 0 Å². The van der Waals surface area contributed by atoms with Gasteiger partial charge in [0.1, 0.15) is 11.2 Å². The number of carbonyl (C=O) groups excluding carboxylic acids is 2. The molecule has 1 aromatic rings. The third-order valence-corrected chi connectivity index (χ3v) is 7.33. The molecule has 0 unspecified atom stereocenters. The fraction of sp³-hybridized carbons (Fsp3) is 0.692. The molecule has 172 valence electrons. The molecular formula is C26H39NO4. The molecule has 5 heteroatoms. The van der Waals surface area contributed by atoms with Gasteiger partial charge in [0.2, 0.25) is 0 Å². The molecule has 2 saturated carbocycles. The van der Waals surface area contributed by atoms with E-state index in [1.165, 1.54) is 17.7 Å². The van der Waals surface area contributed by atoms with Gasteiger partial charge in [-0.15, -0.1) is 0 Å². The second-order valence-corrected chi connectivity index (χ2v) is 9.32. The SMILES string of the molecule is CCC1(OC(=O)N(CCc2ccccc2)C(=O)OC2(CC)CCCCC2)CCCCC1. The lowest BCUT2D eigenvalue weighted by Gasteiger charge is -2.39. The van der Waals surface area contributed by atoms with Crippen molar-refractivity contribution in [3.05, 3.63) is 35.9 Å². The molecule has 0 heterocycles. The largest absolute Gasteiger partial charge is 0.442 e. The first-order chi connectivity index (χ1) is 15.0. The Morgan fingerprint density at radius 2 is 1.23 bits per heavy atom. The smallest absolute Gasteiger partial charge is 0.419 e. The van der Waals surface area contributed by atoms with E-state index < -0.39 is 23.4 Å². The van der Waals surface area contributed by atoms with Gasteiger partial charge in [0.05, 0.1) is 0 Å². The van der Waals surface area contributed by atoms with Gasteiger partial charge in [-0.25, -0.2) is 14.5 Å². The molecule has 3 rings (SSSR count). The highest BCUT2D eigenvalue weighted by Crippen LogP contribution is 2.37. The van der Waals surface area contributed by atoms with E-state index in [2.05, 4.69) is 13.8 Å². The summed E-state index contributed by atoms with van der Waals surface area (Å²) in [6.45, 7) is 4.40. The number of rotatable bonds is 7. The average molecular weight is 430 g/mol. The molecule has 0 aliphatic heterocycles. The molecule has 2 aliphatic carbocycles. The lowest BCUT2D eigenvalue weighted by atomic mass is 9.83. The molecule has 5 nitrogen and oxygen atoms in total. The van der Waals surface area contributed by atoms with Crippen LogP contribution in [0, 0.1) is 0 Å². The zero-order valence-electron chi connectivity index (χ0n) is 19.4. The van der Waals surface area contributed by atoms with Gasteiger partial charge in [-0.3, -0.25) is 0 Å². The van der Waals surface area contributed by atoms with Crippen LogP contribution < -0.4 is 0 Å². The van der Waals surface area contributed by atoms with Crippen molar-refractivity contribution in [2.75, 3.05) is 6.54 Å². The molecule has 2 fully saturated rings. The van der Waals surface area contributed by atoms with Crippen LogP contribution >= 0.6 is 0 Å². The van der Waals surface area contributed by atoms with Gasteiger partial charge in [-0.2, -0.15) is 0 Å². The standard InChI is InChI=1S/C26H39NO4/c1-3-25(17-10-6-11-18-25)30-23(28)27(21-16-22-14-8-5-9-15-22)24(29)31-26(4-2)19-12-7-13-20-26/h5,8-9,14-15H,3-4,6-7,10-13,16-21H2,1-2H3. The van der Waals surface area contributed by atoms with Crippen LogP contribution in [0.2, 0.25) is 0 Å². The van der Waals surface area contributed by atoms with Crippen molar-refractivity contribution >= 4 is 12.2 Å². The van der Waals surface area contributed by atoms with Crippen molar-refractivity contribution in [2.24, 2.45) is 0 Å². The fourth-order valence-electron chi connectivity index (χ4n) is 5.07. The maximum Gasteiger partial charge on any atom is 0.419 e. The van der Waals surface area contributed by atoms with Gasteiger partial charge in [0, 0.05) is 6.54 Å². The van der Waals surface area contributed by atoms with E-state index >= 15 is 0 Å². The minimum atomic E-state index is -0.549. The second-order valence-electron chi connectivity index (χ2n) is 9.32. The van der Waals surface area contributed by atoms with E-state index in [4.69, 9.17) is 9.47 Å². The average Bonchev–Trinajstić information content (AvgIpc) is 2.81. The summed E-state index contributed by atoms with van der Waals surface area (Å²) in [7, 11) is 0. The van der Waals surface area contributed by atoms with Crippen LogP contribution in [-0.4, -0.2) is 34.8 Å². The molecule has 0 saturated heterocycles. The highest BCUT2D eigenvalue weighted by Gasteiger charge is 2.40. The number of hydrogen-bond acceptors (Lipinski definition) is 4. The van der Waals surface area contributed by atoms with E-state index in [0.29, 0.717) is 6.42 Å². The third-order valence-electron chi connectivity index (χ3n) is 7.33. The summed E-state index contributed by atoms with van der Waals surface area (Å²) in [6, 6.07) is 9.93. The Labute approximate surface area is 187 Å². The number of nitrogens with zero attached hydrogens (tertiary/aromatic N) is 1. The molecule has 0 atom stereocenters. The van der Waals surface area contributed by atoms with E-state index in [1.807, 2.05) is 30.3 Å². The lowest BCUT2D eigenvalue weighted by Crippen LogP contribution is -2.48. The highest BCUT2D eigenvalue weighted by atomic mass is 16.6. The zero-order valence-corrected chi connectivity index (χ0v) is 19.4. The molecule has 2 amide bonds. The summed E-state index contributed by atoms with van der Waals surface area (Å²) in [5.74, 6) is 0. The number of amides is 2. The Morgan fingerprint density at radius 1 is 0.774 bits per heavy atom. The minimum absolute atomic E-state index is 0.265. The second kappa shape index (κ2) is 11.0. The fourth-order valence-corrected chi connectivity index (χ4v) is 5.07. The Morgan fingerprint density at radius 3 is 1.65 bits per heavy atom.